The maximum atomic E-state index is 12.2. The zero-order valence-corrected chi connectivity index (χ0v) is 14.8. The third kappa shape index (κ3) is 4.25. The highest BCUT2D eigenvalue weighted by Gasteiger charge is 2.40. The van der Waals surface area contributed by atoms with E-state index >= 15 is 0 Å². The third-order valence-electron chi connectivity index (χ3n) is 4.61. The van der Waals surface area contributed by atoms with Crippen LogP contribution in [0.5, 0.6) is 0 Å². The molecule has 0 aromatic rings. The lowest BCUT2D eigenvalue weighted by molar-refractivity contribution is -0.136. The van der Waals surface area contributed by atoms with Crippen LogP contribution in [0.3, 0.4) is 0 Å². The van der Waals surface area contributed by atoms with Crippen molar-refractivity contribution in [2.45, 2.75) is 84.3 Å². The molecule has 0 aromatic carbocycles. The van der Waals surface area contributed by atoms with Crippen LogP contribution in [-0.4, -0.2) is 34.9 Å². The topological polar surface area (TPSA) is 58.5 Å². The number of Topliss-reactive ketones (excluding diaryl/α,β-unsaturated/α-hetero) is 2. The number of hydrogen-bond acceptors (Lipinski definition) is 4. The van der Waals surface area contributed by atoms with Gasteiger partial charge in [0.15, 0.2) is 0 Å². The molecule has 0 bridgehead atoms. The summed E-state index contributed by atoms with van der Waals surface area (Å²) in [5, 5.41) is 3.62. The molecule has 22 heavy (non-hydrogen) atoms. The van der Waals surface area contributed by atoms with E-state index in [1.807, 2.05) is 13.8 Å². The number of piperidine rings is 1. The SMILES string of the molecule is CC1(C)CC(=O)C(C=NC2CC(C)(C)NC(C)(C)C2)C(=O)C1. The van der Waals surface area contributed by atoms with Gasteiger partial charge in [0.1, 0.15) is 17.5 Å². The van der Waals surface area contributed by atoms with Crippen molar-refractivity contribution in [1.29, 1.82) is 0 Å². The summed E-state index contributed by atoms with van der Waals surface area (Å²) in [6.45, 7) is 12.7. The monoisotopic (exact) mass is 306 g/mol. The summed E-state index contributed by atoms with van der Waals surface area (Å²) in [7, 11) is 0. The second kappa shape index (κ2) is 5.55. The van der Waals surface area contributed by atoms with E-state index in [9.17, 15) is 9.59 Å². The van der Waals surface area contributed by atoms with Crippen LogP contribution in [-0.2, 0) is 9.59 Å². The van der Waals surface area contributed by atoms with Crippen LogP contribution in [0.4, 0.5) is 0 Å². The maximum absolute atomic E-state index is 12.2. The van der Waals surface area contributed by atoms with Gasteiger partial charge in [-0.1, -0.05) is 13.8 Å². The molecule has 1 saturated heterocycles. The largest absolute Gasteiger partial charge is 0.307 e. The number of aliphatic imine (C=N–C) groups is 1. The molecule has 0 spiro atoms. The molecule has 4 heteroatoms. The van der Waals surface area contributed by atoms with E-state index in [1.165, 1.54) is 0 Å². The second-order valence-corrected chi connectivity index (χ2v) is 9.18. The lowest BCUT2D eigenvalue weighted by Crippen LogP contribution is -2.58. The van der Waals surface area contributed by atoms with Crippen molar-refractivity contribution in [2.75, 3.05) is 0 Å². The minimum atomic E-state index is -0.617. The Kier molecular flexibility index (Phi) is 4.37. The Hall–Kier alpha value is -1.03. The Morgan fingerprint density at radius 1 is 0.955 bits per heavy atom. The molecule has 4 nitrogen and oxygen atoms in total. The summed E-state index contributed by atoms with van der Waals surface area (Å²) < 4.78 is 0. The molecule has 0 radical (unpaired) electrons. The Morgan fingerprint density at radius 2 is 1.41 bits per heavy atom. The third-order valence-corrected chi connectivity index (χ3v) is 4.61. The normalized spacial score (nSPS) is 29.2. The van der Waals surface area contributed by atoms with Gasteiger partial charge in [-0.3, -0.25) is 14.6 Å². The molecule has 2 fully saturated rings. The van der Waals surface area contributed by atoms with Crippen molar-refractivity contribution in [1.82, 2.24) is 5.32 Å². The molecule has 1 aliphatic carbocycles. The molecule has 2 rings (SSSR count). The van der Waals surface area contributed by atoms with E-state index in [0.29, 0.717) is 12.8 Å². The quantitative estimate of drug-likeness (QED) is 0.630. The molecular formula is C18H30N2O2. The minimum Gasteiger partial charge on any atom is -0.307 e. The van der Waals surface area contributed by atoms with Crippen LogP contribution in [0.1, 0.15) is 67.2 Å². The fourth-order valence-corrected chi connectivity index (χ4v) is 4.15. The Morgan fingerprint density at radius 3 is 1.86 bits per heavy atom. The van der Waals surface area contributed by atoms with E-state index in [0.717, 1.165) is 12.8 Å². The fraction of sp³-hybridized carbons (Fsp3) is 0.833. The molecule has 1 aliphatic heterocycles. The van der Waals surface area contributed by atoms with Gasteiger partial charge >= 0.3 is 0 Å². The van der Waals surface area contributed by atoms with E-state index in [2.05, 4.69) is 38.0 Å². The first-order chi connectivity index (χ1) is 9.89. The Labute approximate surface area is 134 Å². The molecule has 2 aliphatic rings. The summed E-state index contributed by atoms with van der Waals surface area (Å²) in [6.07, 6.45) is 4.43. The lowest BCUT2D eigenvalue weighted by atomic mass is 9.72. The first kappa shape index (κ1) is 17.3. The number of nitrogens with zero attached hydrogens (tertiary/aromatic N) is 1. The van der Waals surface area contributed by atoms with Crippen LogP contribution >= 0.6 is 0 Å². The number of carbonyl (C=O) groups excluding carboxylic acids is 2. The average Bonchev–Trinajstić information content (AvgIpc) is 2.21. The molecule has 124 valence electrons. The van der Waals surface area contributed by atoms with Crippen LogP contribution in [0.25, 0.3) is 0 Å². The molecular weight excluding hydrogens is 276 g/mol. The number of ketones is 2. The van der Waals surface area contributed by atoms with Gasteiger partial charge < -0.3 is 5.32 Å². The Balaban J connectivity index is 2.08. The zero-order chi connectivity index (χ0) is 16.8. The molecule has 0 amide bonds. The summed E-state index contributed by atoms with van der Waals surface area (Å²) >= 11 is 0. The summed E-state index contributed by atoms with van der Waals surface area (Å²) in [5.41, 5.74) is -0.157. The molecule has 1 saturated carbocycles. The number of rotatable bonds is 2. The highest BCUT2D eigenvalue weighted by atomic mass is 16.2. The molecule has 1 heterocycles. The summed E-state index contributed by atoms with van der Waals surface area (Å²) in [4.78, 5) is 29.1. The molecule has 0 unspecified atom stereocenters. The predicted molar refractivity (Wildman–Crippen MR) is 89.3 cm³/mol. The van der Waals surface area contributed by atoms with Crippen molar-refractivity contribution < 1.29 is 9.59 Å². The fourth-order valence-electron chi connectivity index (χ4n) is 4.15. The molecule has 0 aromatic heterocycles. The molecule has 0 atom stereocenters. The lowest BCUT2D eigenvalue weighted by Gasteiger charge is -2.45. The smallest absolute Gasteiger partial charge is 0.149 e. The first-order valence-electron chi connectivity index (χ1n) is 8.27. The van der Waals surface area contributed by atoms with Crippen molar-refractivity contribution in [3.8, 4) is 0 Å². The van der Waals surface area contributed by atoms with Gasteiger partial charge in [0.25, 0.3) is 0 Å². The van der Waals surface area contributed by atoms with E-state index in [1.54, 1.807) is 6.21 Å². The van der Waals surface area contributed by atoms with Gasteiger partial charge in [-0.25, -0.2) is 0 Å². The Bertz CT molecular complexity index is 467. The van der Waals surface area contributed by atoms with Gasteiger partial charge in [-0.2, -0.15) is 0 Å². The predicted octanol–water partition coefficient (Wildman–Crippen LogP) is 2.94. The van der Waals surface area contributed by atoms with Crippen molar-refractivity contribution in [3.05, 3.63) is 0 Å². The van der Waals surface area contributed by atoms with Crippen molar-refractivity contribution >= 4 is 17.8 Å². The zero-order valence-electron chi connectivity index (χ0n) is 14.8. The van der Waals surface area contributed by atoms with Crippen LogP contribution < -0.4 is 5.32 Å². The van der Waals surface area contributed by atoms with E-state index in [4.69, 9.17) is 0 Å². The van der Waals surface area contributed by atoms with Gasteiger partial charge in [-0.05, 0) is 46.0 Å². The van der Waals surface area contributed by atoms with Gasteiger partial charge in [0, 0.05) is 30.1 Å². The number of carbonyl (C=O) groups is 2. The van der Waals surface area contributed by atoms with Gasteiger partial charge in [-0.15, -0.1) is 0 Å². The van der Waals surface area contributed by atoms with Gasteiger partial charge in [0.2, 0.25) is 0 Å². The number of hydrogen-bond donors (Lipinski definition) is 1. The summed E-state index contributed by atoms with van der Waals surface area (Å²) in [5.74, 6) is -0.566. The van der Waals surface area contributed by atoms with Crippen molar-refractivity contribution in [2.24, 2.45) is 16.3 Å². The summed E-state index contributed by atoms with van der Waals surface area (Å²) in [6, 6.07) is 0.168. The van der Waals surface area contributed by atoms with Crippen molar-refractivity contribution in [3.63, 3.8) is 0 Å². The standard InChI is InChI=1S/C18H30N2O2/c1-16(2)9-14(21)13(15(22)10-16)11-19-12-7-17(3,4)20-18(5,6)8-12/h11-13,20H,7-10H2,1-6H3. The van der Waals surface area contributed by atoms with Crippen LogP contribution in [0.2, 0.25) is 0 Å². The van der Waals surface area contributed by atoms with Crippen LogP contribution in [0.15, 0.2) is 4.99 Å². The maximum Gasteiger partial charge on any atom is 0.149 e. The second-order valence-electron chi connectivity index (χ2n) is 9.18. The van der Waals surface area contributed by atoms with E-state index in [-0.39, 0.29) is 34.1 Å². The first-order valence-corrected chi connectivity index (χ1v) is 8.27. The highest BCUT2D eigenvalue weighted by Crippen LogP contribution is 2.34. The van der Waals surface area contributed by atoms with E-state index < -0.39 is 5.92 Å². The van der Waals surface area contributed by atoms with Gasteiger partial charge in [0.05, 0.1) is 6.04 Å². The highest BCUT2D eigenvalue weighted by molar-refractivity contribution is 6.16. The molecule has 1 N–H and O–H groups in total. The average molecular weight is 306 g/mol. The minimum absolute atomic E-state index is 0.0202. The number of nitrogens with one attached hydrogen (secondary N) is 1. The van der Waals surface area contributed by atoms with Crippen LogP contribution in [0, 0.1) is 11.3 Å².